The Morgan fingerprint density at radius 1 is 1.17 bits per heavy atom. The van der Waals surface area contributed by atoms with Crippen molar-refractivity contribution in [2.75, 3.05) is 38.1 Å². The van der Waals surface area contributed by atoms with Gasteiger partial charge in [0.25, 0.3) is 0 Å². The van der Waals surface area contributed by atoms with Crippen LogP contribution >= 0.6 is 11.6 Å². The molecule has 0 bridgehead atoms. The van der Waals surface area contributed by atoms with Crippen LogP contribution in [-0.4, -0.2) is 52.7 Å². The first-order chi connectivity index (χ1) is 14.2. The average Bonchev–Trinajstić information content (AvgIpc) is 3.14. The Kier molecular flexibility index (Phi) is 6.67. The van der Waals surface area contributed by atoms with Crippen molar-refractivity contribution in [2.45, 2.75) is 38.5 Å². The van der Waals surface area contributed by atoms with Crippen LogP contribution in [0, 0.1) is 0 Å². The summed E-state index contributed by atoms with van der Waals surface area (Å²) in [6.45, 7) is 4.68. The van der Waals surface area contributed by atoms with Crippen molar-refractivity contribution >= 4 is 28.6 Å². The first-order valence-corrected chi connectivity index (χ1v) is 11.1. The van der Waals surface area contributed by atoms with Crippen molar-refractivity contribution in [1.82, 2.24) is 19.5 Å². The zero-order valence-corrected chi connectivity index (χ0v) is 18.0. The van der Waals surface area contributed by atoms with Gasteiger partial charge in [-0.1, -0.05) is 36.2 Å². The van der Waals surface area contributed by atoms with Gasteiger partial charge in [-0.15, -0.1) is 5.10 Å². The second-order valence-electron chi connectivity index (χ2n) is 7.96. The molecule has 1 fully saturated rings. The first-order valence-electron chi connectivity index (χ1n) is 10.7. The standard InChI is InChI=1S/C23H30ClN5/c1-27(13-8-16-28-14-6-3-7-15-28)23-12-11-22-25-18-21(29(22)26-23)19-9-4-2-5-10-20(24)17-19/h2,4,9,11-12,17-18H,3,5-8,10,13-16H2,1H3/b4-2-,19-9+,20-17+. The van der Waals surface area contributed by atoms with Crippen molar-refractivity contribution in [3.05, 3.63) is 53.4 Å². The smallest absolute Gasteiger partial charge is 0.154 e. The monoisotopic (exact) mass is 411 g/mol. The topological polar surface area (TPSA) is 36.7 Å². The SMILES string of the molecule is CN(CCCN1CCCCC1)c1ccc2ncc(C3=C/C=C\CC/C(Cl)=C\3)n2n1. The Morgan fingerprint density at radius 2 is 2.03 bits per heavy atom. The van der Waals surface area contributed by atoms with Gasteiger partial charge < -0.3 is 9.80 Å². The normalized spacial score (nSPS) is 23.0. The van der Waals surface area contributed by atoms with Crippen LogP contribution in [0.15, 0.2) is 47.7 Å². The number of aromatic nitrogens is 3. The minimum Gasteiger partial charge on any atom is -0.358 e. The summed E-state index contributed by atoms with van der Waals surface area (Å²) in [5.41, 5.74) is 2.85. The number of allylic oxidation sites excluding steroid dienone is 6. The fourth-order valence-corrected chi connectivity index (χ4v) is 4.26. The van der Waals surface area contributed by atoms with E-state index >= 15 is 0 Å². The van der Waals surface area contributed by atoms with Gasteiger partial charge in [0.15, 0.2) is 5.65 Å². The summed E-state index contributed by atoms with van der Waals surface area (Å²) in [6, 6.07) is 4.10. The maximum atomic E-state index is 6.38. The molecule has 4 rings (SSSR count). The van der Waals surface area contributed by atoms with Crippen LogP contribution in [0.25, 0.3) is 11.2 Å². The molecule has 29 heavy (non-hydrogen) atoms. The quantitative estimate of drug-likeness (QED) is 0.677. The molecule has 2 aromatic rings. The number of anilines is 1. The molecule has 3 heterocycles. The van der Waals surface area contributed by atoms with E-state index < -0.39 is 0 Å². The summed E-state index contributed by atoms with van der Waals surface area (Å²) in [5.74, 6) is 0.965. The van der Waals surface area contributed by atoms with Crippen molar-refractivity contribution in [3.8, 4) is 0 Å². The second kappa shape index (κ2) is 9.59. The highest BCUT2D eigenvalue weighted by Gasteiger charge is 2.13. The molecule has 0 unspecified atom stereocenters. The molecule has 0 aromatic carbocycles. The minimum absolute atomic E-state index is 0.849. The van der Waals surface area contributed by atoms with E-state index in [2.05, 4.69) is 46.1 Å². The van der Waals surface area contributed by atoms with E-state index in [-0.39, 0.29) is 0 Å². The summed E-state index contributed by atoms with van der Waals surface area (Å²) < 4.78 is 1.93. The second-order valence-corrected chi connectivity index (χ2v) is 8.45. The van der Waals surface area contributed by atoms with E-state index in [0.717, 1.165) is 53.6 Å². The molecule has 1 aliphatic heterocycles. The molecular weight excluding hydrogens is 382 g/mol. The largest absolute Gasteiger partial charge is 0.358 e. The molecule has 0 N–H and O–H groups in total. The molecule has 6 heteroatoms. The molecule has 0 saturated carbocycles. The predicted molar refractivity (Wildman–Crippen MR) is 121 cm³/mol. The van der Waals surface area contributed by atoms with Crippen LogP contribution in [0.2, 0.25) is 0 Å². The van der Waals surface area contributed by atoms with Gasteiger partial charge in [0.2, 0.25) is 0 Å². The first kappa shape index (κ1) is 20.2. The van der Waals surface area contributed by atoms with Crippen LogP contribution in [-0.2, 0) is 0 Å². The Hall–Kier alpha value is -2.11. The molecule has 2 aliphatic rings. The minimum atomic E-state index is 0.849. The number of hydrogen-bond acceptors (Lipinski definition) is 4. The lowest BCUT2D eigenvalue weighted by atomic mass is 10.1. The third-order valence-electron chi connectivity index (χ3n) is 5.73. The average molecular weight is 412 g/mol. The van der Waals surface area contributed by atoms with Crippen LogP contribution in [0.5, 0.6) is 0 Å². The van der Waals surface area contributed by atoms with Crippen LogP contribution in [0.3, 0.4) is 0 Å². The van der Waals surface area contributed by atoms with Crippen LogP contribution < -0.4 is 4.90 Å². The summed E-state index contributed by atoms with van der Waals surface area (Å²) >= 11 is 6.38. The zero-order valence-electron chi connectivity index (χ0n) is 17.2. The highest BCUT2D eigenvalue weighted by atomic mass is 35.5. The molecule has 2 aromatic heterocycles. The van der Waals surface area contributed by atoms with Gasteiger partial charge >= 0.3 is 0 Å². The van der Waals surface area contributed by atoms with Gasteiger partial charge in [0, 0.05) is 24.2 Å². The predicted octanol–water partition coefficient (Wildman–Crippen LogP) is 4.90. The van der Waals surface area contributed by atoms with E-state index in [9.17, 15) is 0 Å². The van der Waals surface area contributed by atoms with Gasteiger partial charge in [0.05, 0.1) is 11.9 Å². The summed E-state index contributed by atoms with van der Waals surface area (Å²) in [4.78, 5) is 9.36. The molecule has 0 atom stereocenters. The van der Waals surface area contributed by atoms with Crippen molar-refractivity contribution in [2.24, 2.45) is 0 Å². The maximum absolute atomic E-state index is 6.38. The Balaban J connectivity index is 1.49. The lowest BCUT2D eigenvalue weighted by Crippen LogP contribution is -2.32. The highest BCUT2D eigenvalue weighted by Crippen LogP contribution is 2.25. The molecule has 5 nitrogen and oxygen atoms in total. The number of halogens is 1. The Bertz CT molecular complexity index is 920. The van der Waals surface area contributed by atoms with Crippen molar-refractivity contribution in [3.63, 3.8) is 0 Å². The maximum Gasteiger partial charge on any atom is 0.154 e. The number of fused-ring (bicyclic) bond motifs is 1. The molecule has 0 spiro atoms. The lowest BCUT2D eigenvalue weighted by Gasteiger charge is -2.27. The lowest BCUT2D eigenvalue weighted by molar-refractivity contribution is 0.227. The number of hydrogen-bond donors (Lipinski definition) is 0. The van der Waals surface area contributed by atoms with E-state index in [4.69, 9.17) is 16.7 Å². The molecule has 154 valence electrons. The highest BCUT2D eigenvalue weighted by molar-refractivity contribution is 6.30. The van der Waals surface area contributed by atoms with Crippen molar-refractivity contribution < 1.29 is 0 Å². The molecular formula is C23H30ClN5. The van der Waals surface area contributed by atoms with E-state index in [1.807, 2.05) is 22.9 Å². The molecule has 0 radical (unpaired) electrons. The molecule has 1 saturated heterocycles. The number of rotatable bonds is 6. The Labute approximate surface area is 178 Å². The number of piperidine rings is 1. The molecule has 0 amide bonds. The number of imidazole rings is 1. The fraction of sp³-hybridized carbons (Fsp3) is 0.478. The van der Waals surface area contributed by atoms with E-state index in [1.165, 1.54) is 38.9 Å². The van der Waals surface area contributed by atoms with Gasteiger partial charge in [-0.2, -0.15) is 0 Å². The number of nitrogens with zero attached hydrogens (tertiary/aromatic N) is 5. The summed E-state index contributed by atoms with van der Waals surface area (Å²) in [7, 11) is 2.12. The third kappa shape index (κ3) is 5.09. The zero-order chi connectivity index (χ0) is 20.1. The number of likely N-dealkylation sites (tertiary alicyclic amines) is 1. The van der Waals surface area contributed by atoms with E-state index in [1.54, 1.807) is 0 Å². The molecule has 1 aliphatic carbocycles. The van der Waals surface area contributed by atoms with Gasteiger partial charge in [-0.05, 0) is 69.9 Å². The fourth-order valence-electron chi connectivity index (χ4n) is 4.03. The van der Waals surface area contributed by atoms with Crippen LogP contribution in [0.4, 0.5) is 5.82 Å². The summed E-state index contributed by atoms with van der Waals surface area (Å²) in [5, 5.41) is 5.75. The van der Waals surface area contributed by atoms with Gasteiger partial charge in [0.1, 0.15) is 5.82 Å². The Morgan fingerprint density at radius 3 is 2.90 bits per heavy atom. The van der Waals surface area contributed by atoms with Crippen LogP contribution in [0.1, 0.15) is 44.2 Å². The third-order valence-corrected chi connectivity index (χ3v) is 6.02. The van der Waals surface area contributed by atoms with Gasteiger partial charge in [-0.25, -0.2) is 9.50 Å². The van der Waals surface area contributed by atoms with Crippen molar-refractivity contribution in [1.29, 1.82) is 0 Å². The van der Waals surface area contributed by atoms with Gasteiger partial charge in [-0.3, -0.25) is 0 Å². The van der Waals surface area contributed by atoms with E-state index in [0.29, 0.717) is 0 Å². The summed E-state index contributed by atoms with van der Waals surface area (Å²) in [6.07, 6.45) is 17.3.